The molecule has 98 valence electrons. The van der Waals surface area contributed by atoms with Crippen molar-refractivity contribution in [2.24, 2.45) is 0 Å². The van der Waals surface area contributed by atoms with Crippen molar-refractivity contribution in [1.29, 1.82) is 0 Å². The lowest BCUT2D eigenvalue weighted by atomic mass is 10.2. The number of hydrogen-bond donors (Lipinski definition) is 0. The molecule has 0 aliphatic heterocycles. The Bertz CT molecular complexity index is 611. The molecule has 7 nitrogen and oxygen atoms in total. The summed E-state index contributed by atoms with van der Waals surface area (Å²) in [5.74, 6) is -0.0230. The van der Waals surface area contributed by atoms with Gasteiger partial charge in [0.15, 0.2) is 0 Å². The van der Waals surface area contributed by atoms with Gasteiger partial charge in [-0.2, -0.15) is 0 Å². The van der Waals surface area contributed by atoms with Gasteiger partial charge in [0.1, 0.15) is 17.1 Å². The zero-order chi connectivity index (χ0) is 14.0. The van der Waals surface area contributed by atoms with Crippen LogP contribution >= 0.6 is 0 Å². The molecule has 0 atom stereocenters. The lowest BCUT2D eigenvalue weighted by Gasteiger charge is -2.03. The fraction of sp³-hybridized carbons (Fsp3) is 0.167. The average Bonchev–Trinajstić information content (AvgIpc) is 2.69. The molecule has 0 saturated carbocycles. The second-order valence-electron chi connectivity index (χ2n) is 3.84. The minimum Gasteiger partial charge on any atom is -0.423 e. The first-order valence-corrected chi connectivity index (χ1v) is 5.38. The fourth-order valence-electron chi connectivity index (χ4n) is 1.57. The van der Waals surface area contributed by atoms with E-state index in [1.165, 1.54) is 24.3 Å². The number of nitro benzene ring substituents is 1. The minimum absolute atomic E-state index is 0.0721. The predicted octanol–water partition coefficient (Wildman–Crippen LogP) is 2.42. The van der Waals surface area contributed by atoms with Gasteiger partial charge >= 0.3 is 5.97 Å². The zero-order valence-electron chi connectivity index (χ0n) is 10.2. The Hall–Kier alpha value is -2.70. The Morgan fingerprint density at radius 1 is 1.32 bits per heavy atom. The van der Waals surface area contributed by atoms with Crippen molar-refractivity contribution in [3.8, 4) is 5.75 Å². The monoisotopic (exact) mass is 262 g/mol. The molecule has 19 heavy (non-hydrogen) atoms. The molecule has 1 aromatic heterocycles. The number of hydrogen-bond acceptors (Lipinski definition) is 6. The highest BCUT2D eigenvalue weighted by Crippen LogP contribution is 2.20. The molecule has 0 aliphatic carbocycles. The van der Waals surface area contributed by atoms with Crippen LogP contribution in [0, 0.1) is 24.0 Å². The van der Waals surface area contributed by atoms with Crippen LogP contribution in [-0.4, -0.2) is 16.0 Å². The Morgan fingerprint density at radius 3 is 2.42 bits per heavy atom. The first-order valence-electron chi connectivity index (χ1n) is 5.38. The topological polar surface area (TPSA) is 95.5 Å². The van der Waals surface area contributed by atoms with Crippen LogP contribution in [0.3, 0.4) is 0 Å². The van der Waals surface area contributed by atoms with Crippen LogP contribution < -0.4 is 4.74 Å². The molecule has 7 heteroatoms. The van der Waals surface area contributed by atoms with Gasteiger partial charge in [-0.05, 0) is 26.0 Å². The number of carbonyl (C=O) groups excluding carboxylic acids is 1. The van der Waals surface area contributed by atoms with Gasteiger partial charge in [-0.3, -0.25) is 10.1 Å². The van der Waals surface area contributed by atoms with E-state index >= 15 is 0 Å². The molecule has 0 amide bonds. The van der Waals surface area contributed by atoms with Crippen molar-refractivity contribution in [3.05, 3.63) is 51.4 Å². The van der Waals surface area contributed by atoms with Crippen LogP contribution in [-0.2, 0) is 0 Å². The number of nitro groups is 1. The van der Waals surface area contributed by atoms with Crippen molar-refractivity contribution in [1.82, 2.24) is 5.16 Å². The third kappa shape index (κ3) is 2.59. The Kier molecular flexibility index (Phi) is 3.28. The van der Waals surface area contributed by atoms with E-state index in [1.54, 1.807) is 13.8 Å². The molecule has 0 unspecified atom stereocenters. The number of ether oxygens (including phenoxy) is 1. The van der Waals surface area contributed by atoms with Gasteiger partial charge in [0, 0.05) is 12.1 Å². The SMILES string of the molecule is Cc1noc(C)c1C(=O)Oc1ccc([N+](=O)[O-])cc1. The molecule has 0 saturated heterocycles. The van der Waals surface area contributed by atoms with E-state index in [9.17, 15) is 14.9 Å². The molecule has 2 rings (SSSR count). The van der Waals surface area contributed by atoms with Crippen LogP contribution in [0.5, 0.6) is 5.75 Å². The van der Waals surface area contributed by atoms with Crippen LogP contribution in [0.4, 0.5) is 5.69 Å². The number of rotatable bonds is 3. The Balaban J connectivity index is 2.17. The quantitative estimate of drug-likeness (QED) is 0.365. The van der Waals surface area contributed by atoms with Crippen molar-refractivity contribution in [2.75, 3.05) is 0 Å². The maximum atomic E-state index is 11.9. The zero-order valence-corrected chi connectivity index (χ0v) is 10.2. The average molecular weight is 262 g/mol. The number of non-ortho nitro benzene ring substituents is 1. The van der Waals surface area contributed by atoms with E-state index in [4.69, 9.17) is 9.26 Å². The van der Waals surface area contributed by atoms with Gasteiger partial charge < -0.3 is 9.26 Å². The van der Waals surface area contributed by atoms with Gasteiger partial charge in [-0.15, -0.1) is 0 Å². The summed E-state index contributed by atoms with van der Waals surface area (Å²) in [6, 6.07) is 5.23. The van der Waals surface area contributed by atoms with Crippen molar-refractivity contribution in [2.45, 2.75) is 13.8 Å². The summed E-state index contributed by atoms with van der Waals surface area (Å²) in [6.45, 7) is 3.23. The standard InChI is InChI=1S/C12H10N2O5/c1-7-11(8(2)19-13-7)12(15)18-10-5-3-9(4-6-10)14(16)17/h3-6H,1-2H3. The normalized spacial score (nSPS) is 10.2. The second kappa shape index (κ2) is 4.89. The molecule has 2 aromatic rings. The van der Waals surface area contributed by atoms with Gasteiger partial charge in [0.2, 0.25) is 0 Å². The third-order valence-corrected chi connectivity index (χ3v) is 2.50. The first kappa shape index (κ1) is 12.7. The number of aryl methyl sites for hydroxylation is 2. The minimum atomic E-state index is -0.606. The highest BCUT2D eigenvalue weighted by Gasteiger charge is 2.19. The fourth-order valence-corrected chi connectivity index (χ4v) is 1.57. The summed E-state index contributed by atoms with van der Waals surface area (Å²) in [5, 5.41) is 14.1. The smallest absolute Gasteiger partial charge is 0.349 e. The lowest BCUT2D eigenvalue weighted by Crippen LogP contribution is -2.10. The summed E-state index contributed by atoms with van der Waals surface area (Å²) in [6.07, 6.45) is 0. The van der Waals surface area contributed by atoms with Crippen molar-refractivity contribution in [3.63, 3.8) is 0 Å². The molecule has 1 aromatic carbocycles. The van der Waals surface area contributed by atoms with Gasteiger partial charge in [-0.25, -0.2) is 4.79 Å². The predicted molar refractivity (Wildman–Crippen MR) is 64.0 cm³/mol. The summed E-state index contributed by atoms with van der Waals surface area (Å²) >= 11 is 0. The molecule has 0 fully saturated rings. The van der Waals surface area contributed by atoms with E-state index in [0.29, 0.717) is 11.5 Å². The first-order chi connectivity index (χ1) is 8.99. The van der Waals surface area contributed by atoms with E-state index in [0.717, 1.165) is 0 Å². The summed E-state index contributed by atoms with van der Waals surface area (Å²) in [5.41, 5.74) is 0.625. The van der Waals surface area contributed by atoms with E-state index in [1.807, 2.05) is 0 Å². The highest BCUT2D eigenvalue weighted by atomic mass is 16.6. The van der Waals surface area contributed by atoms with E-state index in [2.05, 4.69) is 5.16 Å². The van der Waals surface area contributed by atoms with E-state index in [-0.39, 0.29) is 17.0 Å². The van der Waals surface area contributed by atoms with Gasteiger partial charge in [0.05, 0.1) is 10.6 Å². The maximum absolute atomic E-state index is 11.9. The highest BCUT2D eigenvalue weighted by molar-refractivity contribution is 5.93. The Labute approximate surface area is 107 Å². The second-order valence-corrected chi connectivity index (χ2v) is 3.84. The molecule has 0 aliphatic rings. The molecular formula is C12H10N2O5. The Morgan fingerprint density at radius 2 is 1.95 bits per heavy atom. The van der Waals surface area contributed by atoms with Crippen LogP contribution in [0.2, 0.25) is 0 Å². The molecular weight excluding hydrogens is 252 g/mol. The summed E-state index contributed by atoms with van der Waals surface area (Å²) in [4.78, 5) is 21.8. The molecule has 1 heterocycles. The van der Waals surface area contributed by atoms with Gasteiger partial charge in [0.25, 0.3) is 5.69 Å². The maximum Gasteiger partial charge on any atom is 0.349 e. The molecule has 0 bridgehead atoms. The van der Waals surface area contributed by atoms with Crippen molar-refractivity contribution < 1.29 is 19.0 Å². The van der Waals surface area contributed by atoms with Crippen molar-refractivity contribution >= 4 is 11.7 Å². The number of aromatic nitrogens is 1. The number of benzene rings is 1. The van der Waals surface area contributed by atoms with Crippen LogP contribution in [0.15, 0.2) is 28.8 Å². The number of esters is 1. The molecule has 0 radical (unpaired) electrons. The number of nitrogens with zero attached hydrogens (tertiary/aromatic N) is 2. The third-order valence-electron chi connectivity index (χ3n) is 2.50. The number of carbonyl (C=O) groups is 1. The van der Waals surface area contributed by atoms with Crippen LogP contribution in [0.25, 0.3) is 0 Å². The van der Waals surface area contributed by atoms with E-state index < -0.39 is 10.9 Å². The lowest BCUT2D eigenvalue weighted by molar-refractivity contribution is -0.384. The summed E-state index contributed by atoms with van der Waals surface area (Å²) < 4.78 is 9.96. The van der Waals surface area contributed by atoms with Gasteiger partial charge in [-0.1, -0.05) is 5.16 Å². The summed E-state index contributed by atoms with van der Waals surface area (Å²) in [7, 11) is 0. The molecule has 0 spiro atoms. The molecule has 0 N–H and O–H groups in total. The largest absolute Gasteiger partial charge is 0.423 e. The van der Waals surface area contributed by atoms with Crippen LogP contribution in [0.1, 0.15) is 21.8 Å².